The maximum atomic E-state index is 13.1. The van der Waals surface area contributed by atoms with Gasteiger partial charge in [-0.25, -0.2) is 9.97 Å². The number of benzene rings is 2. The lowest BCUT2D eigenvalue weighted by Crippen LogP contribution is -2.24. The van der Waals surface area contributed by atoms with Crippen LogP contribution in [0.2, 0.25) is 0 Å². The van der Waals surface area contributed by atoms with E-state index in [1.54, 1.807) is 13.0 Å². The number of aryl methyl sites for hydroxylation is 2. The van der Waals surface area contributed by atoms with Gasteiger partial charge in [0.15, 0.2) is 0 Å². The first-order valence-corrected chi connectivity index (χ1v) is 9.64. The summed E-state index contributed by atoms with van der Waals surface area (Å²) in [7, 11) is 0. The van der Waals surface area contributed by atoms with Crippen LogP contribution < -0.4 is 5.32 Å². The Morgan fingerprint density at radius 2 is 1.87 bits per heavy atom. The highest BCUT2D eigenvalue weighted by Crippen LogP contribution is 2.27. The van der Waals surface area contributed by atoms with Gasteiger partial charge in [-0.3, -0.25) is 4.79 Å². The molecule has 0 saturated heterocycles. The molecule has 0 aliphatic carbocycles. The van der Waals surface area contributed by atoms with E-state index >= 15 is 0 Å². The predicted octanol–water partition coefficient (Wildman–Crippen LogP) is 4.31. The Kier molecular flexibility index (Phi) is 4.28. The number of fused-ring (bicyclic) bond motifs is 2. The standard InChI is InChI=1S/C23H19N5O2/c1-13-7-9-15(10-8-13)19-11-16(21-14(2)28-30-23(21)27-19)22(29)24-12-20-25-17-5-3-4-6-18(17)26-20/h3-11H,12H2,1-2H3,(H,24,29)(H,25,26). The topological polar surface area (TPSA) is 96.7 Å². The summed E-state index contributed by atoms with van der Waals surface area (Å²) >= 11 is 0. The first-order chi connectivity index (χ1) is 14.6. The second-order valence-corrected chi connectivity index (χ2v) is 7.25. The molecular formula is C23H19N5O2. The summed E-state index contributed by atoms with van der Waals surface area (Å²) in [6.45, 7) is 4.10. The Labute approximate surface area is 172 Å². The molecule has 0 fully saturated rings. The molecule has 5 rings (SSSR count). The second kappa shape index (κ2) is 7.11. The number of carbonyl (C=O) groups is 1. The summed E-state index contributed by atoms with van der Waals surface area (Å²) in [5, 5.41) is 7.56. The highest BCUT2D eigenvalue weighted by Gasteiger charge is 2.19. The molecule has 7 nitrogen and oxygen atoms in total. The normalized spacial score (nSPS) is 11.3. The molecule has 5 aromatic rings. The number of carbonyl (C=O) groups excluding carboxylic acids is 1. The number of H-pyrrole nitrogens is 1. The molecule has 2 N–H and O–H groups in total. The summed E-state index contributed by atoms with van der Waals surface area (Å²) in [6.07, 6.45) is 0. The number of aromatic nitrogens is 4. The van der Waals surface area contributed by atoms with Gasteiger partial charge in [0, 0.05) is 5.56 Å². The molecule has 0 radical (unpaired) electrons. The number of aromatic amines is 1. The van der Waals surface area contributed by atoms with Crippen LogP contribution >= 0.6 is 0 Å². The van der Waals surface area contributed by atoms with E-state index in [1.165, 1.54) is 0 Å². The van der Waals surface area contributed by atoms with Crippen LogP contribution in [-0.4, -0.2) is 26.0 Å². The molecule has 3 aromatic heterocycles. The van der Waals surface area contributed by atoms with Crippen molar-refractivity contribution in [3.8, 4) is 11.3 Å². The van der Waals surface area contributed by atoms with Crippen LogP contribution in [0.4, 0.5) is 0 Å². The molecule has 30 heavy (non-hydrogen) atoms. The van der Waals surface area contributed by atoms with Crippen molar-refractivity contribution in [1.29, 1.82) is 0 Å². The van der Waals surface area contributed by atoms with Crippen molar-refractivity contribution >= 4 is 28.0 Å². The van der Waals surface area contributed by atoms with Crippen molar-refractivity contribution in [2.75, 3.05) is 0 Å². The first-order valence-electron chi connectivity index (χ1n) is 9.64. The molecule has 148 valence electrons. The van der Waals surface area contributed by atoms with Gasteiger partial charge in [-0.05, 0) is 32.0 Å². The number of nitrogens with zero attached hydrogens (tertiary/aromatic N) is 3. The minimum Gasteiger partial charge on any atom is -0.345 e. The van der Waals surface area contributed by atoms with Gasteiger partial charge >= 0.3 is 0 Å². The number of nitrogens with one attached hydrogen (secondary N) is 2. The average Bonchev–Trinajstić information content (AvgIpc) is 3.35. The SMILES string of the molecule is Cc1ccc(-c2cc(C(=O)NCc3nc4ccccc4[nH]3)c3c(C)noc3n2)cc1. The zero-order valence-corrected chi connectivity index (χ0v) is 16.6. The van der Waals surface area contributed by atoms with E-state index in [1.807, 2.05) is 55.5 Å². The van der Waals surface area contributed by atoms with Crippen LogP contribution in [0, 0.1) is 13.8 Å². The second-order valence-electron chi connectivity index (χ2n) is 7.25. The first kappa shape index (κ1) is 18.1. The Hall–Kier alpha value is -4.00. The van der Waals surface area contributed by atoms with Crippen LogP contribution in [0.25, 0.3) is 33.4 Å². The molecule has 0 aliphatic rings. The van der Waals surface area contributed by atoms with Gasteiger partial charge < -0.3 is 14.8 Å². The molecule has 0 atom stereocenters. The van der Waals surface area contributed by atoms with E-state index in [2.05, 4.69) is 25.4 Å². The molecule has 2 aromatic carbocycles. The van der Waals surface area contributed by atoms with Gasteiger partial charge in [0.2, 0.25) is 0 Å². The smallest absolute Gasteiger partial charge is 0.259 e. The summed E-state index contributed by atoms with van der Waals surface area (Å²) in [6, 6.07) is 17.5. The van der Waals surface area contributed by atoms with Crippen LogP contribution in [0.15, 0.2) is 59.1 Å². The highest BCUT2D eigenvalue weighted by molar-refractivity contribution is 6.07. The Balaban J connectivity index is 1.49. The molecule has 0 saturated carbocycles. The summed E-state index contributed by atoms with van der Waals surface area (Å²) in [5.41, 5.74) is 5.97. The van der Waals surface area contributed by atoms with Crippen molar-refractivity contribution in [2.24, 2.45) is 0 Å². The quantitative estimate of drug-likeness (QED) is 0.471. The van der Waals surface area contributed by atoms with Crippen LogP contribution in [0.1, 0.15) is 27.4 Å². The van der Waals surface area contributed by atoms with Crippen LogP contribution in [0.3, 0.4) is 0 Å². The molecule has 0 spiro atoms. The molecule has 0 aliphatic heterocycles. The predicted molar refractivity (Wildman–Crippen MR) is 114 cm³/mol. The van der Waals surface area contributed by atoms with E-state index in [0.717, 1.165) is 22.2 Å². The zero-order valence-electron chi connectivity index (χ0n) is 16.6. The van der Waals surface area contributed by atoms with Gasteiger partial charge in [0.05, 0.1) is 39.9 Å². The zero-order chi connectivity index (χ0) is 20.7. The van der Waals surface area contributed by atoms with Crippen LogP contribution in [0.5, 0.6) is 0 Å². The minimum atomic E-state index is -0.234. The number of para-hydroxylation sites is 2. The lowest BCUT2D eigenvalue weighted by atomic mass is 10.0. The lowest BCUT2D eigenvalue weighted by molar-refractivity contribution is 0.0951. The number of amides is 1. The van der Waals surface area contributed by atoms with Crippen LogP contribution in [-0.2, 0) is 6.54 Å². The minimum absolute atomic E-state index is 0.234. The number of imidazole rings is 1. The number of rotatable bonds is 4. The fourth-order valence-electron chi connectivity index (χ4n) is 3.49. The van der Waals surface area contributed by atoms with Crippen molar-refractivity contribution in [1.82, 2.24) is 25.4 Å². The molecule has 1 amide bonds. The Morgan fingerprint density at radius 3 is 2.67 bits per heavy atom. The van der Waals surface area contributed by atoms with Gasteiger partial charge in [-0.2, -0.15) is 0 Å². The summed E-state index contributed by atoms with van der Waals surface area (Å²) in [5.74, 6) is 0.457. The number of hydrogen-bond acceptors (Lipinski definition) is 5. The Bertz CT molecular complexity index is 1350. The molecule has 0 unspecified atom stereocenters. The van der Waals surface area contributed by atoms with Crippen molar-refractivity contribution in [3.63, 3.8) is 0 Å². The van der Waals surface area contributed by atoms with Gasteiger partial charge in [0.25, 0.3) is 11.6 Å². The largest absolute Gasteiger partial charge is 0.345 e. The lowest BCUT2D eigenvalue weighted by Gasteiger charge is -2.08. The summed E-state index contributed by atoms with van der Waals surface area (Å²) < 4.78 is 5.37. The molecule has 7 heteroatoms. The number of pyridine rings is 1. The van der Waals surface area contributed by atoms with E-state index in [0.29, 0.717) is 33.9 Å². The van der Waals surface area contributed by atoms with E-state index < -0.39 is 0 Å². The van der Waals surface area contributed by atoms with E-state index in [9.17, 15) is 4.79 Å². The van der Waals surface area contributed by atoms with Crippen molar-refractivity contribution < 1.29 is 9.32 Å². The third-order valence-electron chi connectivity index (χ3n) is 5.06. The number of hydrogen-bond donors (Lipinski definition) is 2. The maximum Gasteiger partial charge on any atom is 0.259 e. The van der Waals surface area contributed by atoms with Crippen molar-refractivity contribution in [3.05, 3.63) is 77.2 Å². The fourth-order valence-corrected chi connectivity index (χ4v) is 3.49. The van der Waals surface area contributed by atoms with Gasteiger partial charge in [-0.1, -0.05) is 47.1 Å². The Morgan fingerprint density at radius 1 is 1.07 bits per heavy atom. The van der Waals surface area contributed by atoms with Gasteiger partial charge in [-0.15, -0.1) is 0 Å². The highest BCUT2D eigenvalue weighted by atomic mass is 16.5. The van der Waals surface area contributed by atoms with Gasteiger partial charge in [0.1, 0.15) is 5.82 Å². The molecule has 0 bridgehead atoms. The summed E-state index contributed by atoms with van der Waals surface area (Å²) in [4.78, 5) is 25.4. The maximum absolute atomic E-state index is 13.1. The fraction of sp³-hybridized carbons (Fsp3) is 0.130. The molecular weight excluding hydrogens is 378 g/mol. The van der Waals surface area contributed by atoms with Crippen molar-refractivity contribution in [2.45, 2.75) is 20.4 Å². The van der Waals surface area contributed by atoms with E-state index in [-0.39, 0.29) is 12.5 Å². The monoisotopic (exact) mass is 397 g/mol. The van der Waals surface area contributed by atoms with E-state index in [4.69, 9.17) is 4.52 Å². The third-order valence-corrected chi connectivity index (χ3v) is 5.06. The third kappa shape index (κ3) is 3.20. The molecule has 3 heterocycles. The average molecular weight is 397 g/mol.